The second kappa shape index (κ2) is 6.96. The van der Waals surface area contributed by atoms with Crippen LogP contribution < -0.4 is 0 Å². The molecule has 0 radical (unpaired) electrons. The number of hydrogen-bond acceptors (Lipinski definition) is 0. The summed E-state index contributed by atoms with van der Waals surface area (Å²) in [7, 11) is 0. The van der Waals surface area contributed by atoms with E-state index in [1.165, 1.54) is 44.9 Å². The Balaban J connectivity index is 2.19. The van der Waals surface area contributed by atoms with Crippen LogP contribution in [0.25, 0.3) is 0 Å². The first-order chi connectivity index (χ1) is 8.45. The van der Waals surface area contributed by atoms with E-state index in [1.54, 1.807) is 0 Å². The molecule has 1 rings (SSSR count). The van der Waals surface area contributed by atoms with Crippen LogP contribution in [0, 0.1) is 29.1 Å². The van der Waals surface area contributed by atoms with Crippen LogP contribution in [0.15, 0.2) is 0 Å². The van der Waals surface area contributed by atoms with E-state index in [1.807, 2.05) is 0 Å². The van der Waals surface area contributed by atoms with Crippen molar-refractivity contribution in [1.82, 2.24) is 0 Å². The van der Waals surface area contributed by atoms with Gasteiger partial charge in [0.2, 0.25) is 0 Å². The Kier molecular flexibility index (Phi) is 6.21. The molecule has 1 aliphatic carbocycles. The van der Waals surface area contributed by atoms with Gasteiger partial charge >= 0.3 is 0 Å². The maximum absolute atomic E-state index is 2.54. The van der Waals surface area contributed by atoms with E-state index in [9.17, 15) is 0 Å². The van der Waals surface area contributed by atoms with E-state index in [-0.39, 0.29) is 0 Å². The van der Waals surface area contributed by atoms with Crippen LogP contribution in [0.5, 0.6) is 0 Å². The van der Waals surface area contributed by atoms with E-state index in [0.717, 1.165) is 23.7 Å². The van der Waals surface area contributed by atoms with Gasteiger partial charge in [-0.15, -0.1) is 0 Å². The molecular formula is C18H36. The van der Waals surface area contributed by atoms with Gasteiger partial charge in [0.15, 0.2) is 0 Å². The molecule has 0 aromatic carbocycles. The highest BCUT2D eigenvalue weighted by atomic mass is 14.6. The highest BCUT2D eigenvalue weighted by Crippen LogP contribution is 2.61. The monoisotopic (exact) mass is 252 g/mol. The smallest absolute Gasteiger partial charge is 0.0266 e. The van der Waals surface area contributed by atoms with E-state index < -0.39 is 0 Å². The maximum atomic E-state index is 2.54. The van der Waals surface area contributed by atoms with Crippen LogP contribution in [0.2, 0.25) is 0 Å². The summed E-state index contributed by atoms with van der Waals surface area (Å²) in [5.74, 6) is 3.80. The second-order valence-corrected chi connectivity index (χ2v) is 7.38. The van der Waals surface area contributed by atoms with E-state index in [0.29, 0.717) is 5.41 Å². The van der Waals surface area contributed by atoms with Gasteiger partial charge in [0.05, 0.1) is 0 Å². The van der Waals surface area contributed by atoms with Gasteiger partial charge in [-0.3, -0.25) is 0 Å². The summed E-state index contributed by atoms with van der Waals surface area (Å²) in [6.07, 6.45) is 10.1. The Morgan fingerprint density at radius 2 is 1.72 bits per heavy atom. The van der Waals surface area contributed by atoms with Crippen molar-refractivity contribution in [3.8, 4) is 0 Å². The molecule has 18 heavy (non-hydrogen) atoms. The van der Waals surface area contributed by atoms with E-state index in [2.05, 4.69) is 41.5 Å². The van der Waals surface area contributed by atoms with E-state index in [4.69, 9.17) is 0 Å². The minimum Gasteiger partial charge on any atom is -0.0651 e. The Labute approximate surface area is 116 Å². The molecule has 0 aromatic heterocycles. The Morgan fingerprint density at radius 1 is 1.06 bits per heavy atom. The minimum atomic E-state index is 0.686. The average Bonchev–Trinajstić information content (AvgIpc) is 3.04. The van der Waals surface area contributed by atoms with Crippen molar-refractivity contribution in [3.63, 3.8) is 0 Å². The minimum absolute atomic E-state index is 0.686. The summed E-state index contributed by atoms with van der Waals surface area (Å²) in [5, 5.41) is 0. The SMILES string of the molecule is CCC(C)CCCCC1CC1(C)C(C)C(C)CC. The van der Waals surface area contributed by atoms with Crippen molar-refractivity contribution in [2.75, 3.05) is 0 Å². The third-order valence-corrected chi connectivity index (χ3v) is 6.19. The lowest BCUT2D eigenvalue weighted by atomic mass is 9.79. The molecule has 0 heterocycles. The third-order valence-electron chi connectivity index (χ3n) is 6.19. The summed E-state index contributed by atoms with van der Waals surface area (Å²) < 4.78 is 0. The van der Waals surface area contributed by atoms with Crippen molar-refractivity contribution in [2.24, 2.45) is 29.1 Å². The molecule has 0 aliphatic heterocycles. The molecule has 0 spiro atoms. The molecule has 5 unspecified atom stereocenters. The number of hydrogen-bond donors (Lipinski definition) is 0. The fourth-order valence-corrected chi connectivity index (χ4v) is 3.55. The molecule has 0 bridgehead atoms. The Hall–Kier alpha value is 0. The maximum Gasteiger partial charge on any atom is -0.0266 e. The third kappa shape index (κ3) is 4.00. The Bertz CT molecular complexity index is 232. The molecule has 0 nitrogen and oxygen atoms in total. The topological polar surface area (TPSA) is 0 Å². The van der Waals surface area contributed by atoms with Crippen LogP contribution in [-0.4, -0.2) is 0 Å². The van der Waals surface area contributed by atoms with Gasteiger partial charge in [0.25, 0.3) is 0 Å². The van der Waals surface area contributed by atoms with Crippen molar-refractivity contribution < 1.29 is 0 Å². The predicted molar refractivity (Wildman–Crippen MR) is 82.8 cm³/mol. The summed E-state index contributed by atoms with van der Waals surface area (Å²) >= 11 is 0. The molecule has 0 N–H and O–H groups in total. The van der Waals surface area contributed by atoms with Crippen molar-refractivity contribution in [1.29, 1.82) is 0 Å². The van der Waals surface area contributed by atoms with Crippen LogP contribution in [0.1, 0.15) is 86.5 Å². The first-order valence-electron chi connectivity index (χ1n) is 8.45. The van der Waals surface area contributed by atoms with Crippen molar-refractivity contribution >= 4 is 0 Å². The zero-order chi connectivity index (χ0) is 13.8. The van der Waals surface area contributed by atoms with Crippen molar-refractivity contribution in [2.45, 2.75) is 86.5 Å². The number of rotatable bonds is 9. The fourth-order valence-electron chi connectivity index (χ4n) is 3.55. The highest BCUT2D eigenvalue weighted by Gasteiger charge is 2.53. The zero-order valence-corrected chi connectivity index (χ0v) is 13.8. The molecule has 5 atom stereocenters. The number of unbranched alkanes of at least 4 members (excludes halogenated alkanes) is 1. The summed E-state index contributed by atoms with van der Waals surface area (Å²) in [5.41, 5.74) is 0.686. The largest absolute Gasteiger partial charge is 0.0651 e. The lowest BCUT2D eigenvalue weighted by Crippen LogP contribution is -2.19. The summed E-state index contributed by atoms with van der Waals surface area (Å²) in [4.78, 5) is 0. The first-order valence-corrected chi connectivity index (χ1v) is 8.45. The van der Waals surface area contributed by atoms with Crippen molar-refractivity contribution in [3.05, 3.63) is 0 Å². The molecular weight excluding hydrogens is 216 g/mol. The molecule has 1 aliphatic rings. The average molecular weight is 252 g/mol. The van der Waals surface area contributed by atoms with Crippen LogP contribution in [-0.2, 0) is 0 Å². The second-order valence-electron chi connectivity index (χ2n) is 7.38. The molecule has 0 saturated heterocycles. The van der Waals surface area contributed by atoms with Crippen LogP contribution in [0.3, 0.4) is 0 Å². The van der Waals surface area contributed by atoms with Gasteiger partial charge in [-0.25, -0.2) is 0 Å². The van der Waals surface area contributed by atoms with Crippen LogP contribution in [0.4, 0.5) is 0 Å². The van der Waals surface area contributed by atoms with Gasteiger partial charge < -0.3 is 0 Å². The summed E-state index contributed by atoms with van der Waals surface area (Å²) in [6, 6.07) is 0. The van der Waals surface area contributed by atoms with Gasteiger partial charge in [-0.2, -0.15) is 0 Å². The Morgan fingerprint density at radius 3 is 2.28 bits per heavy atom. The first kappa shape index (κ1) is 16.1. The fraction of sp³-hybridized carbons (Fsp3) is 1.00. The zero-order valence-electron chi connectivity index (χ0n) is 13.8. The predicted octanol–water partition coefficient (Wildman–Crippen LogP) is 6.30. The lowest BCUT2D eigenvalue weighted by Gasteiger charge is -2.26. The normalized spacial score (nSPS) is 32.0. The summed E-state index contributed by atoms with van der Waals surface area (Å²) in [6.45, 7) is 14.5. The molecule has 1 fully saturated rings. The molecule has 0 heteroatoms. The molecule has 1 saturated carbocycles. The molecule has 108 valence electrons. The van der Waals surface area contributed by atoms with Gasteiger partial charge in [0.1, 0.15) is 0 Å². The lowest BCUT2D eigenvalue weighted by molar-refractivity contribution is 0.229. The molecule has 0 aromatic rings. The quantitative estimate of drug-likeness (QED) is 0.422. The van der Waals surface area contributed by atoms with Gasteiger partial charge in [-0.05, 0) is 41.9 Å². The van der Waals surface area contributed by atoms with Gasteiger partial charge in [0, 0.05) is 0 Å². The highest BCUT2D eigenvalue weighted by molar-refractivity contribution is 5.02. The van der Waals surface area contributed by atoms with E-state index >= 15 is 0 Å². The molecule has 0 amide bonds. The standard InChI is InChI=1S/C18H36/c1-7-14(3)11-9-10-12-17-13-18(17,6)16(5)15(4)8-2/h14-17H,7-13H2,1-6H3. The van der Waals surface area contributed by atoms with Gasteiger partial charge in [-0.1, -0.05) is 73.6 Å². The van der Waals surface area contributed by atoms with Crippen LogP contribution >= 0.6 is 0 Å².